The summed E-state index contributed by atoms with van der Waals surface area (Å²) in [7, 11) is 0. The average molecular weight is 248 g/mol. The number of terminal acetylenes is 1. The first-order valence-electron chi connectivity index (χ1n) is 6.47. The standard InChI is InChI=1S/C14H20N2O2/c1-3-12-18-13(17)15-8-10-16(11-9-15)14(4-2)6-5-7-14/h2-3H,1,5-12H2. The zero-order chi connectivity index (χ0) is 13.0. The van der Waals surface area contributed by atoms with Gasteiger partial charge in [-0.25, -0.2) is 4.79 Å². The number of carbonyl (C=O) groups excluding carboxylic acids is 1. The maximum absolute atomic E-state index is 11.7. The van der Waals surface area contributed by atoms with Gasteiger partial charge in [-0.05, 0) is 19.3 Å². The normalized spacial score (nSPS) is 22.7. The number of piperazine rings is 1. The Morgan fingerprint density at radius 3 is 2.50 bits per heavy atom. The molecule has 1 aliphatic heterocycles. The summed E-state index contributed by atoms with van der Waals surface area (Å²) in [5.74, 6) is 2.94. The molecule has 1 saturated carbocycles. The third-order valence-corrected chi connectivity index (χ3v) is 3.92. The molecule has 2 rings (SSSR count). The van der Waals surface area contributed by atoms with Gasteiger partial charge in [0.05, 0.1) is 5.54 Å². The van der Waals surface area contributed by atoms with Crippen molar-refractivity contribution in [3.8, 4) is 12.3 Å². The highest BCUT2D eigenvalue weighted by atomic mass is 16.6. The molecular weight excluding hydrogens is 228 g/mol. The molecule has 2 fully saturated rings. The molecule has 0 atom stereocenters. The molecule has 0 aromatic carbocycles. The lowest BCUT2D eigenvalue weighted by atomic mass is 9.75. The zero-order valence-corrected chi connectivity index (χ0v) is 10.7. The quantitative estimate of drug-likeness (QED) is 0.560. The van der Waals surface area contributed by atoms with Crippen molar-refractivity contribution in [2.75, 3.05) is 32.8 Å². The minimum Gasteiger partial charge on any atom is -0.445 e. The van der Waals surface area contributed by atoms with Gasteiger partial charge in [0, 0.05) is 26.2 Å². The molecular formula is C14H20N2O2. The van der Waals surface area contributed by atoms with Gasteiger partial charge in [0.25, 0.3) is 0 Å². The van der Waals surface area contributed by atoms with Crippen molar-refractivity contribution < 1.29 is 9.53 Å². The van der Waals surface area contributed by atoms with Gasteiger partial charge in [-0.2, -0.15) is 0 Å². The average Bonchev–Trinajstić information content (AvgIpc) is 2.36. The van der Waals surface area contributed by atoms with Gasteiger partial charge in [-0.3, -0.25) is 4.90 Å². The summed E-state index contributed by atoms with van der Waals surface area (Å²) in [5, 5.41) is 0. The Balaban J connectivity index is 1.83. The fourth-order valence-corrected chi connectivity index (χ4v) is 2.60. The number of carbonyl (C=O) groups is 1. The van der Waals surface area contributed by atoms with E-state index in [1.54, 1.807) is 11.0 Å². The highest BCUT2D eigenvalue weighted by Crippen LogP contribution is 2.37. The highest BCUT2D eigenvalue weighted by Gasteiger charge is 2.42. The summed E-state index contributed by atoms with van der Waals surface area (Å²) in [5.41, 5.74) is -0.0306. The molecule has 1 amide bonds. The van der Waals surface area contributed by atoms with Crippen LogP contribution in [-0.2, 0) is 4.74 Å². The van der Waals surface area contributed by atoms with Crippen LogP contribution in [0.15, 0.2) is 12.7 Å². The third kappa shape index (κ3) is 2.37. The SMILES string of the molecule is C#CC1(N2CCN(C(=O)OCC=C)CC2)CCC1. The molecule has 0 spiro atoms. The van der Waals surface area contributed by atoms with Crippen LogP contribution in [0.3, 0.4) is 0 Å². The topological polar surface area (TPSA) is 32.8 Å². The van der Waals surface area contributed by atoms with Crippen molar-refractivity contribution in [1.82, 2.24) is 9.80 Å². The summed E-state index contributed by atoms with van der Waals surface area (Å²) < 4.78 is 5.03. The molecule has 1 aliphatic carbocycles. The van der Waals surface area contributed by atoms with Crippen LogP contribution in [0.25, 0.3) is 0 Å². The first kappa shape index (κ1) is 13.0. The van der Waals surface area contributed by atoms with Crippen molar-refractivity contribution in [2.24, 2.45) is 0 Å². The molecule has 1 heterocycles. The van der Waals surface area contributed by atoms with Crippen molar-refractivity contribution in [3.05, 3.63) is 12.7 Å². The van der Waals surface area contributed by atoms with Crippen LogP contribution >= 0.6 is 0 Å². The predicted molar refractivity (Wildman–Crippen MR) is 70.1 cm³/mol. The molecule has 18 heavy (non-hydrogen) atoms. The Bertz CT molecular complexity index is 360. The highest BCUT2D eigenvalue weighted by molar-refractivity contribution is 5.67. The largest absolute Gasteiger partial charge is 0.445 e. The first-order valence-corrected chi connectivity index (χ1v) is 6.47. The second-order valence-electron chi connectivity index (χ2n) is 4.87. The van der Waals surface area contributed by atoms with Gasteiger partial charge in [0.15, 0.2) is 0 Å². The van der Waals surface area contributed by atoms with Gasteiger partial charge < -0.3 is 9.64 Å². The zero-order valence-electron chi connectivity index (χ0n) is 10.7. The summed E-state index contributed by atoms with van der Waals surface area (Å²) in [4.78, 5) is 15.7. The maximum Gasteiger partial charge on any atom is 0.410 e. The van der Waals surface area contributed by atoms with E-state index in [0.717, 1.165) is 25.9 Å². The van der Waals surface area contributed by atoms with Gasteiger partial charge >= 0.3 is 6.09 Å². The van der Waals surface area contributed by atoms with E-state index >= 15 is 0 Å². The van der Waals surface area contributed by atoms with E-state index in [0.29, 0.717) is 13.1 Å². The Kier molecular flexibility index (Phi) is 3.93. The minimum absolute atomic E-state index is 0.0306. The van der Waals surface area contributed by atoms with Crippen molar-refractivity contribution in [3.63, 3.8) is 0 Å². The second kappa shape index (κ2) is 5.45. The van der Waals surface area contributed by atoms with Crippen molar-refractivity contribution >= 4 is 6.09 Å². The molecule has 0 aromatic heterocycles. The van der Waals surface area contributed by atoms with Crippen molar-refractivity contribution in [2.45, 2.75) is 24.8 Å². The lowest BCUT2D eigenvalue weighted by Crippen LogP contribution is -2.60. The number of hydrogen-bond donors (Lipinski definition) is 0. The number of ether oxygens (including phenoxy) is 1. The molecule has 0 aromatic rings. The molecule has 0 radical (unpaired) electrons. The summed E-state index contributed by atoms with van der Waals surface area (Å²) >= 11 is 0. The second-order valence-corrected chi connectivity index (χ2v) is 4.87. The molecule has 4 nitrogen and oxygen atoms in total. The lowest BCUT2D eigenvalue weighted by molar-refractivity contribution is 0.0177. The van der Waals surface area contributed by atoms with E-state index in [2.05, 4.69) is 17.4 Å². The number of nitrogens with zero attached hydrogens (tertiary/aromatic N) is 2. The van der Waals surface area contributed by atoms with Crippen LogP contribution in [0.4, 0.5) is 4.79 Å². The minimum atomic E-state index is -0.252. The maximum atomic E-state index is 11.7. The Morgan fingerprint density at radius 1 is 1.39 bits per heavy atom. The number of hydrogen-bond acceptors (Lipinski definition) is 3. The van der Waals surface area contributed by atoms with Gasteiger partial charge in [0.2, 0.25) is 0 Å². The smallest absolute Gasteiger partial charge is 0.410 e. The predicted octanol–water partition coefficient (Wildman–Crippen LogP) is 1.48. The van der Waals surface area contributed by atoms with Gasteiger partial charge in [0.1, 0.15) is 6.61 Å². The molecule has 0 N–H and O–H groups in total. The molecule has 98 valence electrons. The summed E-state index contributed by atoms with van der Waals surface area (Å²) in [6.07, 6.45) is 10.4. The fraction of sp³-hybridized carbons (Fsp3) is 0.643. The Hall–Kier alpha value is -1.47. The monoisotopic (exact) mass is 248 g/mol. The van der Waals surface area contributed by atoms with E-state index in [9.17, 15) is 4.79 Å². The van der Waals surface area contributed by atoms with Crippen LogP contribution in [-0.4, -0.2) is 54.2 Å². The van der Waals surface area contributed by atoms with Crippen LogP contribution in [0, 0.1) is 12.3 Å². The molecule has 4 heteroatoms. The van der Waals surface area contributed by atoms with E-state index in [-0.39, 0.29) is 18.2 Å². The summed E-state index contributed by atoms with van der Waals surface area (Å²) in [6.45, 7) is 6.87. The van der Waals surface area contributed by atoms with E-state index in [4.69, 9.17) is 11.2 Å². The number of rotatable bonds is 3. The van der Waals surface area contributed by atoms with Crippen LogP contribution in [0.2, 0.25) is 0 Å². The van der Waals surface area contributed by atoms with Gasteiger partial charge in [-0.1, -0.05) is 18.6 Å². The van der Waals surface area contributed by atoms with Crippen LogP contribution in [0.5, 0.6) is 0 Å². The van der Waals surface area contributed by atoms with Gasteiger partial charge in [-0.15, -0.1) is 6.42 Å². The van der Waals surface area contributed by atoms with Crippen LogP contribution in [0.1, 0.15) is 19.3 Å². The molecule has 0 bridgehead atoms. The van der Waals surface area contributed by atoms with Crippen molar-refractivity contribution in [1.29, 1.82) is 0 Å². The Labute approximate surface area is 109 Å². The third-order valence-electron chi connectivity index (χ3n) is 3.92. The van der Waals surface area contributed by atoms with E-state index < -0.39 is 0 Å². The Morgan fingerprint density at radius 2 is 2.06 bits per heavy atom. The number of amides is 1. The summed E-state index contributed by atoms with van der Waals surface area (Å²) in [6, 6.07) is 0. The van der Waals surface area contributed by atoms with E-state index in [1.165, 1.54) is 6.42 Å². The molecule has 1 saturated heterocycles. The lowest BCUT2D eigenvalue weighted by Gasteiger charge is -2.49. The molecule has 0 unspecified atom stereocenters. The molecule has 2 aliphatic rings. The van der Waals surface area contributed by atoms with Crippen LogP contribution < -0.4 is 0 Å². The fourth-order valence-electron chi connectivity index (χ4n) is 2.60. The first-order chi connectivity index (χ1) is 8.72. The van der Waals surface area contributed by atoms with E-state index in [1.807, 2.05) is 0 Å².